The van der Waals surface area contributed by atoms with Crippen LogP contribution in [0.3, 0.4) is 0 Å². The highest BCUT2D eigenvalue weighted by Gasteiger charge is 2.26. The molecular formula is C30H26N2S2. The molecule has 2 aromatic heterocycles. The van der Waals surface area contributed by atoms with Gasteiger partial charge in [-0.3, -0.25) is 0 Å². The lowest BCUT2D eigenvalue weighted by Crippen LogP contribution is -2.17. The van der Waals surface area contributed by atoms with Crippen molar-refractivity contribution in [3.05, 3.63) is 103 Å². The summed E-state index contributed by atoms with van der Waals surface area (Å²) in [4.78, 5) is 4.89. The van der Waals surface area contributed by atoms with Gasteiger partial charge in [-0.05, 0) is 78.0 Å². The minimum absolute atomic E-state index is 0.0330. The molecule has 34 heavy (non-hydrogen) atoms. The van der Waals surface area contributed by atoms with Crippen molar-refractivity contribution in [2.24, 2.45) is 11.3 Å². The van der Waals surface area contributed by atoms with Gasteiger partial charge in [0.2, 0.25) is 0 Å². The molecular weight excluding hydrogens is 452 g/mol. The van der Waals surface area contributed by atoms with Gasteiger partial charge in [-0.2, -0.15) is 10.5 Å². The molecule has 0 aromatic carbocycles. The minimum atomic E-state index is 0.0330. The maximum Gasteiger partial charge on any atom is 0.132 e. The van der Waals surface area contributed by atoms with Crippen LogP contribution < -0.4 is 0 Å². The molecule has 0 spiro atoms. The summed E-state index contributed by atoms with van der Waals surface area (Å²) in [6, 6.07) is 12.7. The maximum absolute atomic E-state index is 9.26. The van der Waals surface area contributed by atoms with Gasteiger partial charge < -0.3 is 0 Å². The average Bonchev–Trinajstić information content (AvgIpc) is 3.57. The standard InChI is InChI=1S/C30H26N2S2/c1-30(2)18-23(17-24(19-30)25(20-31)21-32)8-10-27-12-14-29(34-27)16-15-28-13-11-26(33-28)9-7-22-5-3-4-6-22/h3-17,22H,18-19H2,1-2H3/b9-7+,10-8+,16-15+. The largest absolute Gasteiger partial charge is 0.192 e. The van der Waals surface area contributed by atoms with Gasteiger partial charge >= 0.3 is 0 Å². The summed E-state index contributed by atoms with van der Waals surface area (Å²) < 4.78 is 0. The summed E-state index contributed by atoms with van der Waals surface area (Å²) in [7, 11) is 0. The number of hydrogen-bond donors (Lipinski definition) is 0. The van der Waals surface area contributed by atoms with Crippen molar-refractivity contribution in [1.29, 1.82) is 10.5 Å². The van der Waals surface area contributed by atoms with Crippen molar-refractivity contribution in [3.63, 3.8) is 0 Å². The highest BCUT2D eigenvalue weighted by atomic mass is 32.1. The molecule has 168 valence electrons. The van der Waals surface area contributed by atoms with Gasteiger partial charge in [-0.1, -0.05) is 56.4 Å². The summed E-state index contributed by atoms with van der Waals surface area (Å²) in [6.45, 7) is 4.37. The molecule has 0 amide bonds. The van der Waals surface area contributed by atoms with Crippen molar-refractivity contribution < 1.29 is 0 Å². The van der Waals surface area contributed by atoms with Crippen LogP contribution in [-0.2, 0) is 0 Å². The molecule has 4 heteroatoms. The normalized spacial score (nSPS) is 17.6. The van der Waals surface area contributed by atoms with Gasteiger partial charge in [0.05, 0.1) is 0 Å². The summed E-state index contributed by atoms with van der Waals surface area (Å²) in [5.41, 5.74) is 2.26. The van der Waals surface area contributed by atoms with Crippen molar-refractivity contribution in [2.75, 3.05) is 0 Å². The SMILES string of the molecule is CC1(C)CC(/C=C/c2ccc(/C=C/c3ccc(/C=C/C4C=CC=C4)s3)s2)=CC(=C(C#N)C#N)C1. The van der Waals surface area contributed by atoms with E-state index in [4.69, 9.17) is 0 Å². The van der Waals surface area contributed by atoms with E-state index in [1.807, 2.05) is 18.2 Å². The molecule has 0 saturated heterocycles. The van der Waals surface area contributed by atoms with Gasteiger partial charge in [0, 0.05) is 25.4 Å². The molecule has 2 aromatic rings. The van der Waals surface area contributed by atoms with Crippen molar-refractivity contribution in [2.45, 2.75) is 26.7 Å². The van der Waals surface area contributed by atoms with E-state index < -0.39 is 0 Å². The van der Waals surface area contributed by atoms with Crippen LogP contribution >= 0.6 is 22.7 Å². The van der Waals surface area contributed by atoms with E-state index in [0.29, 0.717) is 5.92 Å². The van der Waals surface area contributed by atoms with Crippen molar-refractivity contribution in [1.82, 2.24) is 0 Å². The fourth-order valence-electron chi connectivity index (χ4n) is 4.12. The molecule has 0 radical (unpaired) electrons. The second-order valence-electron chi connectivity index (χ2n) is 9.21. The molecule has 0 unspecified atom stereocenters. The molecule has 0 atom stereocenters. The van der Waals surface area contributed by atoms with Crippen LogP contribution in [0.2, 0.25) is 0 Å². The van der Waals surface area contributed by atoms with Crippen LogP contribution in [0, 0.1) is 34.0 Å². The molecule has 0 saturated carbocycles. The topological polar surface area (TPSA) is 47.6 Å². The van der Waals surface area contributed by atoms with Crippen LogP contribution in [0.25, 0.3) is 24.3 Å². The molecule has 0 aliphatic heterocycles. The predicted molar refractivity (Wildman–Crippen MR) is 147 cm³/mol. The number of rotatable bonds is 6. The molecule has 2 nitrogen and oxygen atoms in total. The Kier molecular flexibility index (Phi) is 7.43. The van der Waals surface area contributed by atoms with E-state index in [0.717, 1.165) is 24.0 Å². The van der Waals surface area contributed by atoms with Gasteiger partial charge in [-0.25, -0.2) is 0 Å². The first-order valence-electron chi connectivity index (χ1n) is 11.3. The Labute approximate surface area is 210 Å². The lowest BCUT2D eigenvalue weighted by Gasteiger charge is -2.30. The molecule has 0 fully saturated rings. The van der Waals surface area contributed by atoms with E-state index in [1.165, 1.54) is 19.5 Å². The van der Waals surface area contributed by atoms with Gasteiger partial charge in [0.25, 0.3) is 0 Å². The molecule has 2 heterocycles. The van der Waals surface area contributed by atoms with Crippen LogP contribution in [0.1, 0.15) is 46.2 Å². The highest BCUT2D eigenvalue weighted by Crippen LogP contribution is 2.39. The van der Waals surface area contributed by atoms with Crippen LogP contribution in [0.15, 0.2) is 83.5 Å². The number of nitrogens with zero attached hydrogens (tertiary/aromatic N) is 2. The summed E-state index contributed by atoms with van der Waals surface area (Å²) in [5.74, 6) is 0.413. The predicted octanol–water partition coefficient (Wildman–Crippen LogP) is 8.84. The Hall–Kier alpha value is -3.44. The zero-order valence-electron chi connectivity index (χ0n) is 19.4. The molecule has 2 aliphatic carbocycles. The lowest BCUT2D eigenvalue weighted by molar-refractivity contribution is 0.354. The molecule has 2 aliphatic rings. The first kappa shape index (κ1) is 23.7. The number of hydrogen-bond acceptors (Lipinski definition) is 4. The van der Waals surface area contributed by atoms with Crippen LogP contribution in [-0.4, -0.2) is 0 Å². The smallest absolute Gasteiger partial charge is 0.132 e. The maximum atomic E-state index is 9.26. The number of nitriles is 2. The van der Waals surface area contributed by atoms with Crippen molar-refractivity contribution >= 4 is 47.0 Å². The third-order valence-corrected chi connectivity index (χ3v) is 7.72. The summed E-state index contributed by atoms with van der Waals surface area (Å²) in [6.07, 6.45) is 25.2. The quantitative estimate of drug-likeness (QED) is 0.389. The van der Waals surface area contributed by atoms with Gasteiger partial charge in [0.15, 0.2) is 0 Å². The third kappa shape index (κ3) is 6.33. The Morgan fingerprint density at radius 3 is 1.91 bits per heavy atom. The number of thiophene rings is 2. The van der Waals surface area contributed by atoms with E-state index in [1.54, 1.807) is 22.7 Å². The fraction of sp³-hybridized carbons (Fsp3) is 0.200. The van der Waals surface area contributed by atoms with E-state index in [-0.39, 0.29) is 11.0 Å². The fourth-order valence-corrected chi connectivity index (χ4v) is 5.77. The molecule has 4 rings (SSSR count). The van der Waals surface area contributed by atoms with E-state index >= 15 is 0 Å². The van der Waals surface area contributed by atoms with Gasteiger partial charge in [0.1, 0.15) is 17.7 Å². The van der Waals surface area contributed by atoms with E-state index in [2.05, 4.69) is 98.9 Å². The summed E-state index contributed by atoms with van der Waals surface area (Å²) in [5, 5.41) is 18.5. The van der Waals surface area contributed by atoms with Gasteiger partial charge in [-0.15, -0.1) is 22.7 Å². The minimum Gasteiger partial charge on any atom is -0.192 e. The Morgan fingerprint density at radius 2 is 1.35 bits per heavy atom. The third-order valence-electron chi connectivity index (χ3n) is 5.69. The molecule has 0 N–H and O–H groups in total. The Balaban J connectivity index is 1.42. The van der Waals surface area contributed by atoms with Crippen LogP contribution in [0.4, 0.5) is 0 Å². The Morgan fingerprint density at radius 1 is 0.824 bits per heavy atom. The van der Waals surface area contributed by atoms with E-state index in [9.17, 15) is 10.5 Å². The first-order valence-corrected chi connectivity index (χ1v) is 12.9. The zero-order chi connectivity index (χ0) is 24.0. The van der Waals surface area contributed by atoms with Crippen LogP contribution in [0.5, 0.6) is 0 Å². The first-order chi connectivity index (χ1) is 16.4. The average molecular weight is 479 g/mol. The lowest BCUT2D eigenvalue weighted by atomic mass is 9.74. The Bertz CT molecular complexity index is 1320. The number of allylic oxidation sites excluding steroid dienone is 10. The summed E-state index contributed by atoms with van der Waals surface area (Å²) >= 11 is 3.54. The highest BCUT2D eigenvalue weighted by molar-refractivity contribution is 7.14. The second kappa shape index (κ2) is 10.7. The van der Waals surface area contributed by atoms with Crippen molar-refractivity contribution in [3.8, 4) is 12.1 Å². The monoisotopic (exact) mass is 478 g/mol. The molecule has 0 bridgehead atoms. The zero-order valence-corrected chi connectivity index (χ0v) is 21.0. The second-order valence-corrected chi connectivity index (χ2v) is 11.5.